The number of hydrogen-bond acceptors (Lipinski definition) is 5. The first-order valence-corrected chi connectivity index (χ1v) is 8.65. The third kappa shape index (κ3) is 3.24. The van der Waals surface area contributed by atoms with Crippen LogP contribution in [0.1, 0.15) is 58.9 Å². The summed E-state index contributed by atoms with van der Waals surface area (Å²) in [4.78, 5) is 17.1. The Bertz CT molecular complexity index is 784. The van der Waals surface area contributed by atoms with Gasteiger partial charge in [0.2, 0.25) is 0 Å². The van der Waals surface area contributed by atoms with Crippen LogP contribution >= 0.6 is 0 Å². The number of nitrogens with one attached hydrogen (secondary N) is 2. The van der Waals surface area contributed by atoms with Crippen molar-refractivity contribution in [3.8, 4) is 5.75 Å². The van der Waals surface area contributed by atoms with Crippen molar-refractivity contribution >= 4 is 5.91 Å². The van der Waals surface area contributed by atoms with Crippen molar-refractivity contribution in [1.82, 2.24) is 20.5 Å². The molecule has 25 heavy (non-hydrogen) atoms. The molecule has 1 aromatic heterocycles. The van der Waals surface area contributed by atoms with E-state index in [1.807, 2.05) is 25.1 Å². The van der Waals surface area contributed by atoms with Gasteiger partial charge in [-0.3, -0.25) is 9.89 Å². The number of rotatable bonds is 5. The third-order valence-corrected chi connectivity index (χ3v) is 4.79. The van der Waals surface area contributed by atoms with Crippen LogP contribution in [0.3, 0.4) is 0 Å². The van der Waals surface area contributed by atoms with Crippen molar-refractivity contribution in [2.45, 2.75) is 44.2 Å². The van der Waals surface area contributed by atoms with Gasteiger partial charge in [-0.2, -0.15) is 5.10 Å². The van der Waals surface area contributed by atoms with E-state index in [-0.39, 0.29) is 18.1 Å². The fraction of sp³-hybridized carbons (Fsp3) is 0.500. The number of aromatic nitrogens is 3. The summed E-state index contributed by atoms with van der Waals surface area (Å²) in [5, 5.41) is 10.1. The molecule has 1 aromatic carbocycles. The molecule has 132 valence electrons. The number of carbonyl (C=O) groups is 1. The lowest BCUT2D eigenvalue weighted by atomic mass is 10.0. The Morgan fingerprint density at radius 1 is 1.36 bits per heavy atom. The molecule has 2 fully saturated rings. The van der Waals surface area contributed by atoms with Gasteiger partial charge in [-0.1, -0.05) is 0 Å². The topological polar surface area (TPSA) is 89.1 Å². The van der Waals surface area contributed by atoms with Crippen LogP contribution in [0, 0.1) is 6.92 Å². The summed E-state index contributed by atoms with van der Waals surface area (Å²) in [6.45, 7) is 2.43. The summed E-state index contributed by atoms with van der Waals surface area (Å²) in [5.74, 6) is 2.60. The molecule has 2 N–H and O–H groups in total. The number of amides is 1. The highest BCUT2D eigenvalue weighted by Crippen LogP contribution is 2.44. The van der Waals surface area contributed by atoms with Crippen molar-refractivity contribution in [3.05, 3.63) is 41.0 Å². The van der Waals surface area contributed by atoms with Gasteiger partial charge in [-0.05, 0) is 55.9 Å². The number of hydrogen-bond donors (Lipinski definition) is 2. The summed E-state index contributed by atoms with van der Waals surface area (Å²) in [7, 11) is 1.67. The number of benzene rings is 1. The zero-order valence-electron chi connectivity index (χ0n) is 14.4. The van der Waals surface area contributed by atoms with E-state index in [0.29, 0.717) is 23.9 Å². The van der Waals surface area contributed by atoms with Gasteiger partial charge in [-0.25, -0.2) is 4.98 Å². The molecule has 0 unspecified atom stereocenters. The summed E-state index contributed by atoms with van der Waals surface area (Å²) < 4.78 is 11.2. The predicted molar refractivity (Wildman–Crippen MR) is 90.7 cm³/mol. The average Bonchev–Trinajstić information content (AvgIpc) is 3.22. The normalized spacial score (nSPS) is 22.8. The summed E-state index contributed by atoms with van der Waals surface area (Å²) in [6, 6.07) is 5.51. The fourth-order valence-electron chi connectivity index (χ4n) is 3.32. The third-order valence-electron chi connectivity index (χ3n) is 4.79. The highest BCUT2D eigenvalue weighted by Gasteiger charge is 2.34. The number of aromatic amines is 1. The molecule has 0 spiro atoms. The predicted octanol–water partition coefficient (Wildman–Crippen LogP) is 2.26. The molecule has 1 amide bonds. The number of carbonyl (C=O) groups excluding carboxylic acids is 1. The summed E-state index contributed by atoms with van der Waals surface area (Å²) in [5.41, 5.74) is 1.78. The van der Waals surface area contributed by atoms with E-state index >= 15 is 0 Å². The van der Waals surface area contributed by atoms with Crippen LogP contribution in [0.4, 0.5) is 0 Å². The number of nitrogens with zero attached hydrogens (tertiary/aromatic N) is 2. The highest BCUT2D eigenvalue weighted by molar-refractivity contribution is 5.95. The molecule has 2 aromatic rings. The lowest BCUT2D eigenvalue weighted by Gasteiger charge is -2.18. The quantitative estimate of drug-likeness (QED) is 0.870. The second-order valence-electron chi connectivity index (χ2n) is 6.67. The van der Waals surface area contributed by atoms with Crippen molar-refractivity contribution < 1.29 is 14.3 Å². The van der Waals surface area contributed by atoms with E-state index in [1.165, 1.54) is 0 Å². The lowest BCUT2D eigenvalue weighted by Crippen LogP contribution is -2.37. The molecular weight excluding hydrogens is 320 g/mol. The second kappa shape index (κ2) is 6.48. The van der Waals surface area contributed by atoms with Gasteiger partial charge in [0.15, 0.2) is 5.82 Å². The van der Waals surface area contributed by atoms with Crippen molar-refractivity contribution in [2.24, 2.45) is 0 Å². The molecule has 7 nitrogen and oxygen atoms in total. The van der Waals surface area contributed by atoms with E-state index in [9.17, 15) is 4.79 Å². The Balaban J connectivity index is 1.50. The van der Waals surface area contributed by atoms with Gasteiger partial charge in [0.1, 0.15) is 17.7 Å². The second-order valence-corrected chi connectivity index (χ2v) is 6.67. The Morgan fingerprint density at radius 3 is 2.88 bits per heavy atom. The van der Waals surface area contributed by atoms with E-state index in [4.69, 9.17) is 9.47 Å². The van der Waals surface area contributed by atoms with Crippen LogP contribution in [0.25, 0.3) is 0 Å². The molecule has 1 aliphatic carbocycles. The van der Waals surface area contributed by atoms with Crippen molar-refractivity contribution in [2.75, 3.05) is 13.7 Å². The average molecular weight is 342 g/mol. The van der Waals surface area contributed by atoms with Gasteiger partial charge in [0.25, 0.3) is 5.91 Å². The Kier molecular flexibility index (Phi) is 4.17. The number of methoxy groups -OCH3 is 1. The maximum atomic E-state index is 12.7. The minimum absolute atomic E-state index is 0.0997. The highest BCUT2D eigenvalue weighted by atomic mass is 16.5. The maximum Gasteiger partial charge on any atom is 0.251 e. The Labute approximate surface area is 146 Å². The van der Waals surface area contributed by atoms with Crippen LogP contribution < -0.4 is 10.1 Å². The van der Waals surface area contributed by atoms with Gasteiger partial charge < -0.3 is 14.8 Å². The Morgan fingerprint density at radius 2 is 2.20 bits per heavy atom. The van der Waals surface area contributed by atoms with Crippen LogP contribution in [0.15, 0.2) is 18.2 Å². The molecule has 0 radical (unpaired) electrons. The number of H-pyrrole nitrogens is 1. The molecule has 2 aliphatic rings. The van der Waals surface area contributed by atoms with Crippen LogP contribution in [-0.2, 0) is 4.74 Å². The molecule has 0 bridgehead atoms. The Hall–Kier alpha value is -2.41. The molecule has 1 aliphatic heterocycles. The molecule has 2 atom stereocenters. The maximum absolute atomic E-state index is 12.7. The zero-order chi connectivity index (χ0) is 17.4. The van der Waals surface area contributed by atoms with Gasteiger partial charge >= 0.3 is 0 Å². The van der Waals surface area contributed by atoms with Crippen LogP contribution in [-0.4, -0.2) is 40.8 Å². The number of aryl methyl sites for hydroxylation is 1. The van der Waals surface area contributed by atoms with Gasteiger partial charge in [0, 0.05) is 12.2 Å². The number of ether oxygens (including phenoxy) is 2. The lowest BCUT2D eigenvalue weighted by molar-refractivity contribution is 0.0791. The fourth-order valence-corrected chi connectivity index (χ4v) is 3.32. The molecule has 1 saturated heterocycles. The minimum Gasteiger partial charge on any atom is -0.496 e. The largest absolute Gasteiger partial charge is 0.496 e. The van der Waals surface area contributed by atoms with Crippen LogP contribution in [0.2, 0.25) is 0 Å². The van der Waals surface area contributed by atoms with Crippen molar-refractivity contribution in [1.29, 1.82) is 0 Å². The van der Waals surface area contributed by atoms with Gasteiger partial charge in [0.05, 0.1) is 13.2 Å². The van der Waals surface area contributed by atoms with E-state index in [2.05, 4.69) is 20.5 Å². The van der Waals surface area contributed by atoms with E-state index in [1.54, 1.807) is 7.11 Å². The monoisotopic (exact) mass is 342 g/mol. The van der Waals surface area contributed by atoms with E-state index < -0.39 is 0 Å². The molecule has 1 saturated carbocycles. The zero-order valence-corrected chi connectivity index (χ0v) is 14.4. The van der Waals surface area contributed by atoms with E-state index in [0.717, 1.165) is 36.4 Å². The summed E-state index contributed by atoms with van der Waals surface area (Å²) >= 11 is 0. The first kappa shape index (κ1) is 16.1. The van der Waals surface area contributed by atoms with Crippen molar-refractivity contribution in [3.63, 3.8) is 0 Å². The molecule has 2 heterocycles. The summed E-state index contributed by atoms with van der Waals surface area (Å²) in [6.07, 6.45) is 2.75. The first-order chi connectivity index (χ1) is 12.2. The minimum atomic E-state index is -0.310. The molecule has 7 heteroatoms. The van der Waals surface area contributed by atoms with Crippen LogP contribution in [0.5, 0.6) is 5.75 Å². The smallest absolute Gasteiger partial charge is 0.251 e. The molecule has 4 rings (SSSR count). The first-order valence-electron chi connectivity index (χ1n) is 8.65. The standard InChI is InChI=1S/C18H22N4O3/c1-10-19-17(22-21-10)16-14(7-8-25-16)20-18(23)12-5-6-15(24-2)13(9-12)11-3-4-11/h5-6,9,11,14,16H,3-4,7-8H2,1-2H3,(H,20,23)(H,19,21,22)/t14-,16+/m0/s1. The SMILES string of the molecule is COc1ccc(C(=O)N[C@H]2CCO[C@H]2c2n[nH]c(C)n2)cc1C1CC1. The van der Waals surface area contributed by atoms with Gasteiger partial charge in [-0.15, -0.1) is 0 Å². The molecular formula is C18H22N4O3.